The second-order valence-corrected chi connectivity index (χ2v) is 5.06. The zero-order valence-electron chi connectivity index (χ0n) is 13.4. The normalized spacial score (nSPS) is 10.4. The van der Waals surface area contributed by atoms with E-state index in [4.69, 9.17) is 0 Å². The first-order valence-corrected chi connectivity index (χ1v) is 6.74. The summed E-state index contributed by atoms with van der Waals surface area (Å²) in [7, 11) is 0. The summed E-state index contributed by atoms with van der Waals surface area (Å²) in [5.74, 6) is 0.432. The first-order chi connectivity index (χ1) is 10.4. The van der Waals surface area contributed by atoms with Gasteiger partial charge in [0.05, 0.1) is 11.2 Å². The minimum atomic E-state index is -0.214. The summed E-state index contributed by atoms with van der Waals surface area (Å²) < 4.78 is 0. The summed E-state index contributed by atoms with van der Waals surface area (Å²) in [6.45, 7) is 5.29. The zero-order valence-corrected chi connectivity index (χ0v) is 15.4. The van der Waals surface area contributed by atoms with E-state index in [1.165, 1.54) is 12.1 Å². The van der Waals surface area contributed by atoms with Crippen LogP contribution < -0.4 is 45.5 Å². The molecule has 7 nitrogen and oxygen atoms in total. The molecule has 3 rings (SSSR count). The van der Waals surface area contributed by atoms with Crippen LogP contribution in [0.1, 0.15) is 17.0 Å². The molecule has 0 aliphatic rings. The van der Waals surface area contributed by atoms with Gasteiger partial charge in [-0.2, -0.15) is 0 Å². The molecule has 2 aromatic heterocycles. The average molecular weight is 319 g/mol. The molecular formula is C15H14N5NaO2. The quantitative estimate of drug-likeness (QED) is 0.555. The Morgan fingerprint density at radius 3 is 2.52 bits per heavy atom. The maximum absolute atomic E-state index is 11.8. The number of anilines is 2. The maximum Gasteiger partial charge on any atom is 1.00 e. The fourth-order valence-electron chi connectivity index (χ4n) is 2.13. The Morgan fingerprint density at radius 2 is 1.83 bits per heavy atom. The molecule has 0 saturated carbocycles. The van der Waals surface area contributed by atoms with Crippen molar-refractivity contribution in [2.24, 2.45) is 0 Å². The molecule has 0 spiro atoms. The van der Waals surface area contributed by atoms with Crippen LogP contribution in [0.2, 0.25) is 0 Å². The van der Waals surface area contributed by atoms with Crippen molar-refractivity contribution in [3.63, 3.8) is 0 Å². The van der Waals surface area contributed by atoms with Gasteiger partial charge in [-0.05, 0) is 26.8 Å². The third kappa shape index (κ3) is 3.52. The number of aryl methyl sites for hydroxylation is 2. The molecule has 112 valence electrons. The van der Waals surface area contributed by atoms with Gasteiger partial charge < -0.3 is 5.11 Å². The van der Waals surface area contributed by atoms with Crippen molar-refractivity contribution in [3.8, 4) is 5.75 Å². The van der Waals surface area contributed by atoms with Crippen LogP contribution in [-0.2, 0) is 0 Å². The van der Waals surface area contributed by atoms with Crippen LogP contribution in [0.15, 0.2) is 23.0 Å². The molecule has 2 heterocycles. The second kappa shape index (κ2) is 6.66. The van der Waals surface area contributed by atoms with Gasteiger partial charge in [0.25, 0.3) is 5.56 Å². The van der Waals surface area contributed by atoms with Gasteiger partial charge in [-0.15, -0.1) is 5.75 Å². The molecule has 0 fully saturated rings. The number of nitrogens with one attached hydrogen (secondary N) is 2. The van der Waals surface area contributed by atoms with Crippen molar-refractivity contribution in [3.05, 3.63) is 45.5 Å². The van der Waals surface area contributed by atoms with Crippen LogP contribution in [0.5, 0.6) is 5.75 Å². The fourth-order valence-corrected chi connectivity index (χ4v) is 2.13. The summed E-state index contributed by atoms with van der Waals surface area (Å²) >= 11 is 0. The van der Waals surface area contributed by atoms with Crippen LogP contribution in [-0.4, -0.2) is 19.9 Å². The molecule has 0 saturated heterocycles. The second-order valence-electron chi connectivity index (χ2n) is 5.06. The predicted molar refractivity (Wildman–Crippen MR) is 81.3 cm³/mol. The van der Waals surface area contributed by atoms with Crippen molar-refractivity contribution >= 4 is 22.8 Å². The SMILES string of the molecule is Cc1nc(Nc2nc(C)c3ccc([O-])cc3n2)[nH]c(=O)c1C.[Na+]. The van der Waals surface area contributed by atoms with E-state index in [9.17, 15) is 9.90 Å². The fraction of sp³-hybridized carbons (Fsp3) is 0.200. The molecule has 8 heteroatoms. The van der Waals surface area contributed by atoms with E-state index in [2.05, 4.69) is 25.3 Å². The number of aromatic amines is 1. The van der Waals surface area contributed by atoms with Crippen molar-refractivity contribution in [1.82, 2.24) is 19.9 Å². The van der Waals surface area contributed by atoms with Gasteiger partial charge in [0.2, 0.25) is 11.9 Å². The van der Waals surface area contributed by atoms with Gasteiger partial charge in [-0.1, -0.05) is 12.1 Å². The molecule has 3 aromatic rings. The Bertz CT molecular complexity index is 939. The summed E-state index contributed by atoms with van der Waals surface area (Å²) in [5.41, 5.74) is 2.27. The van der Waals surface area contributed by atoms with Crippen molar-refractivity contribution < 1.29 is 34.7 Å². The van der Waals surface area contributed by atoms with Crippen LogP contribution in [0, 0.1) is 20.8 Å². The Hall–Kier alpha value is -1.96. The number of hydrogen-bond donors (Lipinski definition) is 2. The molecule has 2 N–H and O–H groups in total. The number of fused-ring (bicyclic) bond motifs is 1. The maximum atomic E-state index is 11.8. The largest absolute Gasteiger partial charge is 1.00 e. The number of rotatable bonds is 2. The molecule has 0 aliphatic heterocycles. The predicted octanol–water partition coefficient (Wildman–Crippen LogP) is -1.54. The smallest absolute Gasteiger partial charge is 0.872 e. The first-order valence-electron chi connectivity index (χ1n) is 6.74. The topological polar surface area (TPSA) is 107 Å². The van der Waals surface area contributed by atoms with E-state index in [0.717, 1.165) is 11.1 Å². The standard InChI is InChI=1S/C15H15N5O2.Na/c1-7-8(2)16-15(19-13(7)22)20-14-17-9(3)11-5-4-10(21)6-12(11)18-14;/h4-6,21H,1-3H3,(H2,16,17,18,19,20,22);/q;+1/p-1. The van der Waals surface area contributed by atoms with Gasteiger partial charge in [0, 0.05) is 16.6 Å². The minimum Gasteiger partial charge on any atom is -0.872 e. The Morgan fingerprint density at radius 1 is 1.09 bits per heavy atom. The Balaban J connectivity index is 0.00000192. The average Bonchev–Trinajstić information content (AvgIpc) is 2.44. The summed E-state index contributed by atoms with van der Waals surface area (Å²) in [4.78, 5) is 27.2. The number of aromatic nitrogens is 4. The summed E-state index contributed by atoms with van der Waals surface area (Å²) in [5, 5.41) is 15.1. The number of hydrogen-bond acceptors (Lipinski definition) is 6. The van der Waals surface area contributed by atoms with Crippen LogP contribution in [0.25, 0.3) is 10.9 Å². The molecule has 0 amide bonds. The molecule has 0 atom stereocenters. The number of benzene rings is 1. The van der Waals surface area contributed by atoms with Crippen molar-refractivity contribution in [2.75, 3.05) is 5.32 Å². The van der Waals surface area contributed by atoms with Crippen LogP contribution >= 0.6 is 0 Å². The van der Waals surface area contributed by atoms with Gasteiger partial charge in [-0.25, -0.2) is 15.0 Å². The molecule has 0 radical (unpaired) electrons. The first kappa shape index (κ1) is 17.4. The summed E-state index contributed by atoms with van der Waals surface area (Å²) in [6.07, 6.45) is 0. The van der Waals surface area contributed by atoms with Gasteiger partial charge in [0.15, 0.2) is 0 Å². The third-order valence-electron chi connectivity index (χ3n) is 3.48. The monoisotopic (exact) mass is 319 g/mol. The molecule has 23 heavy (non-hydrogen) atoms. The third-order valence-corrected chi connectivity index (χ3v) is 3.48. The molecule has 0 bridgehead atoms. The zero-order chi connectivity index (χ0) is 15.9. The van der Waals surface area contributed by atoms with Crippen LogP contribution in [0.3, 0.4) is 0 Å². The van der Waals surface area contributed by atoms with E-state index in [-0.39, 0.29) is 52.8 Å². The van der Waals surface area contributed by atoms with Gasteiger partial charge >= 0.3 is 29.6 Å². The molecule has 1 aromatic carbocycles. The van der Waals surface area contributed by atoms with E-state index < -0.39 is 0 Å². The Labute approximate surface area is 154 Å². The minimum absolute atomic E-state index is 0. The van der Waals surface area contributed by atoms with Crippen molar-refractivity contribution in [1.29, 1.82) is 0 Å². The van der Waals surface area contributed by atoms with Crippen LogP contribution in [0.4, 0.5) is 11.9 Å². The molecular weight excluding hydrogens is 305 g/mol. The van der Waals surface area contributed by atoms with Crippen molar-refractivity contribution in [2.45, 2.75) is 20.8 Å². The number of nitrogens with zero attached hydrogens (tertiary/aromatic N) is 3. The number of H-pyrrole nitrogens is 1. The van der Waals surface area contributed by atoms with E-state index in [1.54, 1.807) is 19.9 Å². The van der Waals surface area contributed by atoms with Gasteiger partial charge in [0.1, 0.15) is 0 Å². The van der Waals surface area contributed by atoms with E-state index in [1.807, 2.05) is 6.92 Å². The van der Waals surface area contributed by atoms with E-state index in [0.29, 0.717) is 16.8 Å². The summed E-state index contributed by atoms with van der Waals surface area (Å²) in [6, 6.07) is 4.63. The van der Waals surface area contributed by atoms with Gasteiger partial charge in [-0.3, -0.25) is 15.1 Å². The molecule has 0 aliphatic carbocycles. The Kier molecular flexibility index (Phi) is 5.03. The van der Waals surface area contributed by atoms with E-state index >= 15 is 0 Å². The molecule has 0 unspecified atom stereocenters.